The summed E-state index contributed by atoms with van der Waals surface area (Å²) >= 11 is 0. The molecule has 1 fully saturated rings. The van der Waals surface area contributed by atoms with Gasteiger partial charge in [-0.15, -0.1) is 0 Å². The van der Waals surface area contributed by atoms with Crippen LogP contribution in [0.5, 0.6) is 0 Å². The van der Waals surface area contributed by atoms with Crippen molar-refractivity contribution in [3.05, 3.63) is 0 Å². The van der Waals surface area contributed by atoms with E-state index in [1.165, 1.54) is 0 Å². The molecule has 4 heteroatoms. The number of ether oxygens (including phenoxy) is 1. The van der Waals surface area contributed by atoms with Gasteiger partial charge in [0.25, 0.3) is 0 Å². The second kappa shape index (κ2) is 5.86. The summed E-state index contributed by atoms with van der Waals surface area (Å²) in [4.78, 5) is 13.4. The van der Waals surface area contributed by atoms with Crippen molar-refractivity contribution in [3.63, 3.8) is 0 Å². The van der Waals surface area contributed by atoms with E-state index in [2.05, 4.69) is 12.2 Å². The summed E-state index contributed by atoms with van der Waals surface area (Å²) in [5.41, 5.74) is 0. The van der Waals surface area contributed by atoms with Gasteiger partial charge < -0.3 is 15.0 Å². The standard InChI is InChI=1S/C10H20N2O2/c1-3-4-5-11-10(13)12-6-7-14-9(2)8-12/h9H,3-8H2,1-2H3,(H,11,13). The Morgan fingerprint density at radius 3 is 3.07 bits per heavy atom. The number of nitrogens with zero attached hydrogens (tertiary/aromatic N) is 1. The van der Waals surface area contributed by atoms with Crippen LogP contribution in [-0.4, -0.2) is 43.3 Å². The van der Waals surface area contributed by atoms with E-state index in [1.807, 2.05) is 11.8 Å². The maximum atomic E-state index is 11.6. The molecule has 0 radical (unpaired) electrons. The SMILES string of the molecule is CCCCNC(=O)N1CCOC(C)C1. The van der Waals surface area contributed by atoms with E-state index in [9.17, 15) is 4.79 Å². The Labute approximate surface area is 85.6 Å². The van der Waals surface area contributed by atoms with Crippen LogP contribution in [0.1, 0.15) is 26.7 Å². The van der Waals surface area contributed by atoms with Gasteiger partial charge in [0.1, 0.15) is 0 Å². The van der Waals surface area contributed by atoms with Crippen molar-refractivity contribution >= 4 is 6.03 Å². The molecule has 1 rings (SSSR count). The third-order valence-corrected chi connectivity index (χ3v) is 2.33. The molecule has 1 N–H and O–H groups in total. The van der Waals surface area contributed by atoms with Crippen LogP contribution in [0.4, 0.5) is 4.79 Å². The van der Waals surface area contributed by atoms with Crippen LogP contribution >= 0.6 is 0 Å². The monoisotopic (exact) mass is 200 g/mol. The lowest BCUT2D eigenvalue weighted by Gasteiger charge is -2.31. The van der Waals surface area contributed by atoms with Gasteiger partial charge in [-0.25, -0.2) is 4.79 Å². The summed E-state index contributed by atoms with van der Waals surface area (Å²) in [6.45, 7) is 6.96. The molecule has 82 valence electrons. The van der Waals surface area contributed by atoms with E-state index in [0.29, 0.717) is 19.7 Å². The van der Waals surface area contributed by atoms with Crippen LogP contribution in [0, 0.1) is 0 Å². The minimum atomic E-state index is 0.0496. The predicted molar refractivity (Wildman–Crippen MR) is 55.3 cm³/mol. The Kier molecular flexibility index (Phi) is 4.73. The predicted octanol–water partition coefficient (Wildman–Crippen LogP) is 1.22. The van der Waals surface area contributed by atoms with Crippen LogP contribution in [-0.2, 0) is 4.74 Å². The van der Waals surface area contributed by atoms with E-state index in [0.717, 1.165) is 19.4 Å². The van der Waals surface area contributed by atoms with Crippen LogP contribution < -0.4 is 5.32 Å². The van der Waals surface area contributed by atoms with Gasteiger partial charge in [-0.05, 0) is 13.3 Å². The summed E-state index contributed by atoms with van der Waals surface area (Å²) in [6, 6.07) is 0.0496. The van der Waals surface area contributed by atoms with Crippen molar-refractivity contribution in [2.45, 2.75) is 32.8 Å². The fourth-order valence-corrected chi connectivity index (χ4v) is 1.49. The van der Waals surface area contributed by atoms with Crippen LogP contribution in [0.2, 0.25) is 0 Å². The van der Waals surface area contributed by atoms with Gasteiger partial charge in [-0.2, -0.15) is 0 Å². The molecule has 1 atom stereocenters. The zero-order chi connectivity index (χ0) is 10.4. The Balaban J connectivity index is 2.22. The normalized spacial score (nSPS) is 22.1. The maximum absolute atomic E-state index is 11.6. The molecule has 0 aromatic heterocycles. The fourth-order valence-electron chi connectivity index (χ4n) is 1.49. The quantitative estimate of drug-likeness (QED) is 0.696. The topological polar surface area (TPSA) is 41.6 Å². The molecule has 0 bridgehead atoms. The highest BCUT2D eigenvalue weighted by atomic mass is 16.5. The molecule has 1 heterocycles. The molecule has 14 heavy (non-hydrogen) atoms. The molecule has 2 amide bonds. The van der Waals surface area contributed by atoms with E-state index in [-0.39, 0.29) is 12.1 Å². The molecule has 1 aliphatic rings. The molecule has 0 aromatic carbocycles. The summed E-state index contributed by atoms with van der Waals surface area (Å²) in [5, 5.41) is 2.91. The third kappa shape index (κ3) is 3.54. The first-order valence-corrected chi connectivity index (χ1v) is 5.38. The Morgan fingerprint density at radius 2 is 2.43 bits per heavy atom. The smallest absolute Gasteiger partial charge is 0.317 e. The summed E-state index contributed by atoms with van der Waals surface area (Å²) in [7, 11) is 0. The lowest BCUT2D eigenvalue weighted by Crippen LogP contribution is -2.49. The second-order valence-corrected chi connectivity index (χ2v) is 3.71. The number of hydrogen-bond acceptors (Lipinski definition) is 2. The highest BCUT2D eigenvalue weighted by molar-refractivity contribution is 5.74. The first kappa shape index (κ1) is 11.3. The number of rotatable bonds is 3. The zero-order valence-electron chi connectivity index (χ0n) is 9.08. The van der Waals surface area contributed by atoms with Crippen molar-refractivity contribution in [1.29, 1.82) is 0 Å². The molecule has 0 spiro atoms. The average Bonchev–Trinajstić information content (AvgIpc) is 2.18. The molecule has 1 unspecified atom stereocenters. The van der Waals surface area contributed by atoms with Crippen molar-refractivity contribution in [1.82, 2.24) is 10.2 Å². The minimum Gasteiger partial charge on any atom is -0.375 e. The Morgan fingerprint density at radius 1 is 1.64 bits per heavy atom. The number of carbonyl (C=O) groups is 1. The van der Waals surface area contributed by atoms with E-state index >= 15 is 0 Å². The van der Waals surface area contributed by atoms with Gasteiger partial charge in [0, 0.05) is 19.6 Å². The van der Waals surface area contributed by atoms with Crippen LogP contribution in [0.15, 0.2) is 0 Å². The van der Waals surface area contributed by atoms with Gasteiger partial charge >= 0.3 is 6.03 Å². The van der Waals surface area contributed by atoms with Crippen molar-refractivity contribution in [2.24, 2.45) is 0 Å². The maximum Gasteiger partial charge on any atom is 0.317 e. The van der Waals surface area contributed by atoms with Gasteiger partial charge in [-0.3, -0.25) is 0 Å². The number of morpholine rings is 1. The lowest BCUT2D eigenvalue weighted by atomic mass is 10.3. The van der Waals surface area contributed by atoms with Crippen LogP contribution in [0.3, 0.4) is 0 Å². The van der Waals surface area contributed by atoms with Crippen molar-refractivity contribution in [3.8, 4) is 0 Å². The van der Waals surface area contributed by atoms with Crippen molar-refractivity contribution in [2.75, 3.05) is 26.2 Å². The Bertz CT molecular complexity index is 185. The number of amides is 2. The second-order valence-electron chi connectivity index (χ2n) is 3.71. The number of urea groups is 1. The van der Waals surface area contributed by atoms with E-state index < -0.39 is 0 Å². The highest BCUT2D eigenvalue weighted by Crippen LogP contribution is 2.04. The van der Waals surface area contributed by atoms with Crippen molar-refractivity contribution < 1.29 is 9.53 Å². The first-order chi connectivity index (χ1) is 6.74. The van der Waals surface area contributed by atoms with Gasteiger partial charge in [0.05, 0.1) is 12.7 Å². The van der Waals surface area contributed by atoms with E-state index in [1.54, 1.807) is 0 Å². The highest BCUT2D eigenvalue weighted by Gasteiger charge is 2.20. The zero-order valence-corrected chi connectivity index (χ0v) is 9.08. The molecular formula is C10H20N2O2. The average molecular weight is 200 g/mol. The first-order valence-electron chi connectivity index (χ1n) is 5.38. The van der Waals surface area contributed by atoms with Crippen LogP contribution in [0.25, 0.3) is 0 Å². The minimum absolute atomic E-state index is 0.0496. The largest absolute Gasteiger partial charge is 0.375 e. The lowest BCUT2D eigenvalue weighted by molar-refractivity contribution is -0.00344. The van der Waals surface area contributed by atoms with Gasteiger partial charge in [-0.1, -0.05) is 13.3 Å². The number of unbranched alkanes of at least 4 members (excludes halogenated alkanes) is 1. The summed E-state index contributed by atoms with van der Waals surface area (Å²) in [5.74, 6) is 0. The summed E-state index contributed by atoms with van der Waals surface area (Å²) < 4.78 is 5.36. The number of carbonyl (C=O) groups excluding carboxylic acids is 1. The molecule has 1 saturated heterocycles. The number of nitrogens with one attached hydrogen (secondary N) is 1. The molecule has 4 nitrogen and oxygen atoms in total. The molecule has 0 aliphatic carbocycles. The Hall–Kier alpha value is -0.770. The molecule has 0 aromatic rings. The van der Waals surface area contributed by atoms with Gasteiger partial charge in [0.15, 0.2) is 0 Å². The van der Waals surface area contributed by atoms with E-state index in [4.69, 9.17) is 4.74 Å². The molecular weight excluding hydrogens is 180 g/mol. The molecule has 0 saturated carbocycles. The van der Waals surface area contributed by atoms with Gasteiger partial charge in [0.2, 0.25) is 0 Å². The fraction of sp³-hybridized carbons (Fsp3) is 0.900. The summed E-state index contributed by atoms with van der Waals surface area (Å²) in [6.07, 6.45) is 2.33. The number of hydrogen-bond donors (Lipinski definition) is 1. The molecule has 1 aliphatic heterocycles. The third-order valence-electron chi connectivity index (χ3n) is 2.33.